The van der Waals surface area contributed by atoms with Crippen LogP contribution in [0.25, 0.3) is 0 Å². The van der Waals surface area contributed by atoms with Crippen LogP contribution in [0.5, 0.6) is 0 Å². The maximum atomic E-state index is 13.9. The number of rotatable bonds is 13. The van der Waals surface area contributed by atoms with Gasteiger partial charge in [0.1, 0.15) is 12.6 Å². The number of anilines is 2. The SMILES string of the molecule is CN[C@H](C(=O)N[C@H](C(=O)N(C)C(/C=C(\C)C(=O)O)C(C)C)C(C)(C)C)C(C)(C)c1cccc(NC(=O)OCc2ccc(N)cc2)c1. The van der Waals surface area contributed by atoms with Crippen molar-refractivity contribution >= 4 is 35.3 Å². The van der Waals surface area contributed by atoms with Crippen molar-refractivity contribution in [3.8, 4) is 0 Å². The van der Waals surface area contributed by atoms with E-state index in [1.807, 2.05) is 54.5 Å². The number of hydrogen-bond acceptors (Lipinski definition) is 7. The topological polar surface area (TPSA) is 163 Å². The van der Waals surface area contributed by atoms with Gasteiger partial charge in [-0.3, -0.25) is 14.9 Å². The number of amides is 3. The van der Waals surface area contributed by atoms with Gasteiger partial charge in [-0.15, -0.1) is 0 Å². The molecule has 2 aromatic rings. The van der Waals surface area contributed by atoms with Crippen LogP contribution >= 0.6 is 0 Å². The molecule has 3 atom stereocenters. The van der Waals surface area contributed by atoms with E-state index in [0.717, 1.165) is 11.1 Å². The number of nitrogens with one attached hydrogen (secondary N) is 3. The van der Waals surface area contributed by atoms with Crippen LogP contribution < -0.4 is 21.7 Å². The predicted octanol–water partition coefficient (Wildman–Crippen LogP) is 4.93. The maximum Gasteiger partial charge on any atom is 0.411 e. The Morgan fingerprint density at radius 1 is 1.00 bits per heavy atom. The molecule has 0 aliphatic heterocycles. The lowest BCUT2D eigenvalue weighted by Gasteiger charge is -2.40. The minimum absolute atomic E-state index is 0.0700. The monoisotopic (exact) mass is 637 g/mol. The van der Waals surface area contributed by atoms with Gasteiger partial charge in [-0.05, 0) is 60.7 Å². The molecule has 2 rings (SSSR count). The van der Waals surface area contributed by atoms with Gasteiger partial charge < -0.3 is 31.1 Å². The van der Waals surface area contributed by atoms with Crippen LogP contribution in [0.1, 0.15) is 66.5 Å². The number of benzene rings is 2. The second kappa shape index (κ2) is 15.8. The highest BCUT2D eigenvalue weighted by atomic mass is 16.5. The van der Waals surface area contributed by atoms with Crippen LogP contribution in [-0.4, -0.2) is 66.1 Å². The standard InChI is InChI=1S/C35H51N5O6/c1-21(2)27(18-22(3)32(43)44)40(10)31(42)29(34(4,5)6)39-30(41)28(37-9)35(7,8)24-12-11-13-26(19-24)38-33(45)46-20-23-14-16-25(36)17-15-23/h11-19,21,27-29,37H,20,36H2,1-10H3,(H,38,45)(H,39,41)(H,43,44)/b22-18+/t27?,28-,29-/m1/s1. The Morgan fingerprint density at radius 3 is 2.13 bits per heavy atom. The summed E-state index contributed by atoms with van der Waals surface area (Å²) in [4.78, 5) is 53.4. The van der Waals surface area contributed by atoms with Crippen LogP contribution in [-0.2, 0) is 31.1 Å². The molecule has 0 saturated carbocycles. The number of carbonyl (C=O) groups is 4. The van der Waals surface area contributed by atoms with Gasteiger partial charge in [-0.2, -0.15) is 0 Å². The van der Waals surface area contributed by atoms with Crippen molar-refractivity contribution in [2.75, 3.05) is 25.1 Å². The molecule has 1 unspecified atom stereocenters. The van der Waals surface area contributed by atoms with Crippen molar-refractivity contribution in [3.05, 3.63) is 71.3 Å². The number of nitrogens with zero attached hydrogens (tertiary/aromatic N) is 1. The molecule has 0 fully saturated rings. The Balaban J connectivity index is 2.26. The van der Waals surface area contributed by atoms with Gasteiger partial charge in [0.15, 0.2) is 0 Å². The minimum atomic E-state index is -1.06. The molecule has 11 nitrogen and oxygen atoms in total. The minimum Gasteiger partial charge on any atom is -0.478 e. The summed E-state index contributed by atoms with van der Waals surface area (Å²) >= 11 is 0. The fraction of sp³-hybridized carbons (Fsp3) is 0.486. The number of hydrogen-bond donors (Lipinski definition) is 5. The van der Waals surface area contributed by atoms with Gasteiger partial charge in [0, 0.05) is 29.4 Å². The van der Waals surface area contributed by atoms with Gasteiger partial charge in [0.25, 0.3) is 0 Å². The average molecular weight is 638 g/mol. The number of carbonyl (C=O) groups excluding carboxylic acids is 3. The molecule has 6 N–H and O–H groups in total. The molecule has 11 heteroatoms. The van der Waals surface area contributed by atoms with Crippen LogP contribution in [0.3, 0.4) is 0 Å². The van der Waals surface area contributed by atoms with Crippen molar-refractivity contribution in [1.29, 1.82) is 0 Å². The number of aliphatic carboxylic acids is 1. The molecular formula is C35H51N5O6. The summed E-state index contributed by atoms with van der Waals surface area (Å²) in [5.41, 5.74) is 7.08. The van der Waals surface area contributed by atoms with Crippen LogP contribution in [0.15, 0.2) is 60.2 Å². The van der Waals surface area contributed by atoms with Crippen LogP contribution in [0.4, 0.5) is 16.2 Å². The third-order valence-corrected chi connectivity index (χ3v) is 8.11. The van der Waals surface area contributed by atoms with Crippen molar-refractivity contribution in [2.24, 2.45) is 11.3 Å². The zero-order valence-corrected chi connectivity index (χ0v) is 28.7. The third-order valence-electron chi connectivity index (χ3n) is 8.11. The first-order chi connectivity index (χ1) is 21.3. The lowest BCUT2D eigenvalue weighted by molar-refractivity contribution is -0.141. The van der Waals surface area contributed by atoms with Crippen LogP contribution in [0, 0.1) is 11.3 Å². The Bertz CT molecular complexity index is 1410. The first-order valence-corrected chi connectivity index (χ1v) is 15.3. The quantitative estimate of drug-likeness (QED) is 0.153. The van der Waals surface area contributed by atoms with E-state index in [4.69, 9.17) is 10.5 Å². The van der Waals surface area contributed by atoms with Crippen LogP contribution in [0.2, 0.25) is 0 Å². The van der Waals surface area contributed by atoms with Crippen molar-refractivity contribution in [1.82, 2.24) is 15.5 Å². The number of carboxylic acid groups (broad SMARTS) is 1. The number of nitrogen functional groups attached to an aromatic ring is 1. The number of nitrogens with two attached hydrogens (primary N) is 1. The Labute approximate surface area is 272 Å². The molecule has 0 aromatic heterocycles. The fourth-order valence-electron chi connectivity index (χ4n) is 5.20. The van der Waals surface area contributed by atoms with E-state index in [-0.39, 0.29) is 29.9 Å². The largest absolute Gasteiger partial charge is 0.478 e. The Morgan fingerprint density at radius 2 is 1.61 bits per heavy atom. The molecular weight excluding hydrogens is 586 g/mol. The van der Waals surface area contributed by atoms with Gasteiger partial charge >= 0.3 is 12.1 Å². The summed E-state index contributed by atoms with van der Waals surface area (Å²) in [7, 11) is 3.30. The van der Waals surface area contributed by atoms with Gasteiger partial charge in [0.05, 0.1) is 12.1 Å². The van der Waals surface area contributed by atoms with Gasteiger partial charge in [0.2, 0.25) is 11.8 Å². The molecule has 0 saturated heterocycles. The molecule has 0 aliphatic carbocycles. The summed E-state index contributed by atoms with van der Waals surface area (Å²) in [5, 5.41) is 18.3. The van der Waals surface area contributed by atoms with Gasteiger partial charge in [-0.1, -0.05) is 78.8 Å². The molecule has 252 valence electrons. The summed E-state index contributed by atoms with van der Waals surface area (Å²) in [6.45, 7) is 14.8. The summed E-state index contributed by atoms with van der Waals surface area (Å²) in [5.74, 6) is -1.83. The second-order valence-corrected chi connectivity index (χ2v) is 13.6. The summed E-state index contributed by atoms with van der Waals surface area (Å²) in [6, 6.07) is 12.0. The first kappa shape index (κ1) is 37.8. The molecule has 2 aromatic carbocycles. The van der Waals surface area contributed by atoms with E-state index in [1.165, 1.54) is 11.8 Å². The number of carboxylic acids is 1. The Kier molecular flexibility index (Phi) is 12.9. The fourth-order valence-corrected chi connectivity index (χ4v) is 5.20. The third kappa shape index (κ3) is 10.1. The number of likely N-dealkylation sites (N-methyl/N-ethyl adjacent to an activating group) is 2. The van der Waals surface area contributed by atoms with E-state index in [2.05, 4.69) is 16.0 Å². The van der Waals surface area contributed by atoms with Crippen molar-refractivity contribution in [3.63, 3.8) is 0 Å². The zero-order valence-electron chi connectivity index (χ0n) is 28.7. The highest BCUT2D eigenvalue weighted by Gasteiger charge is 2.41. The van der Waals surface area contributed by atoms with Gasteiger partial charge in [-0.25, -0.2) is 9.59 Å². The first-order valence-electron chi connectivity index (χ1n) is 15.3. The van der Waals surface area contributed by atoms with E-state index in [1.54, 1.807) is 62.6 Å². The zero-order chi connectivity index (χ0) is 35.0. The summed E-state index contributed by atoms with van der Waals surface area (Å²) in [6.07, 6.45) is 0.944. The summed E-state index contributed by atoms with van der Waals surface area (Å²) < 4.78 is 5.35. The Hall–Kier alpha value is -4.38. The molecule has 3 amide bonds. The molecule has 0 radical (unpaired) electrons. The van der Waals surface area contributed by atoms with Crippen molar-refractivity contribution < 1.29 is 29.0 Å². The van der Waals surface area contributed by atoms with E-state index in [0.29, 0.717) is 11.4 Å². The highest BCUT2D eigenvalue weighted by Crippen LogP contribution is 2.31. The average Bonchev–Trinajstić information content (AvgIpc) is 2.97. The van der Waals surface area contributed by atoms with E-state index in [9.17, 15) is 24.3 Å². The molecule has 46 heavy (non-hydrogen) atoms. The molecule has 0 heterocycles. The maximum absolute atomic E-state index is 13.9. The van der Waals surface area contributed by atoms with Crippen molar-refractivity contribution in [2.45, 2.75) is 85.5 Å². The number of ether oxygens (including phenoxy) is 1. The lowest BCUT2D eigenvalue weighted by atomic mass is 9.76. The molecule has 0 bridgehead atoms. The second-order valence-electron chi connectivity index (χ2n) is 13.6. The normalized spacial score (nSPS) is 14.2. The van der Waals surface area contributed by atoms with E-state index < -0.39 is 41.0 Å². The highest BCUT2D eigenvalue weighted by molar-refractivity contribution is 5.92. The lowest BCUT2D eigenvalue weighted by Crippen LogP contribution is -2.61. The molecule has 0 spiro atoms. The molecule has 0 aliphatic rings. The predicted molar refractivity (Wildman–Crippen MR) is 181 cm³/mol. The van der Waals surface area contributed by atoms with E-state index >= 15 is 0 Å². The smallest absolute Gasteiger partial charge is 0.411 e.